The van der Waals surface area contributed by atoms with Crippen molar-refractivity contribution < 1.29 is 4.79 Å². The van der Waals surface area contributed by atoms with E-state index in [4.69, 9.17) is 11.6 Å². The molecule has 1 heterocycles. The fourth-order valence-corrected chi connectivity index (χ4v) is 2.74. The number of halogens is 1. The van der Waals surface area contributed by atoms with Crippen molar-refractivity contribution in [1.82, 2.24) is 15.1 Å². The highest BCUT2D eigenvalue weighted by molar-refractivity contribution is 6.18. The fraction of sp³-hybridized carbons (Fsp3) is 0.667. The Bertz CT molecular complexity index is 391. The molecule has 0 radical (unpaired) electrons. The maximum atomic E-state index is 12.0. The topological polar surface area (TPSA) is 46.9 Å². The fourth-order valence-electron chi connectivity index (χ4n) is 2.37. The van der Waals surface area contributed by atoms with Gasteiger partial charge in [0.15, 0.2) is 0 Å². The Morgan fingerprint density at radius 2 is 2.35 bits per heavy atom. The van der Waals surface area contributed by atoms with Crippen LogP contribution in [0.25, 0.3) is 0 Å². The molecule has 0 aromatic carbocycles. The van der Waals surface area contributed by atoms with Crippen molar-refractivity contribution >= 4 is 17.5 Å². The molecule has 1 saturated carbocycles. The molecule has 94 valence electrons. The number of nitrogens with one attached hydrogen (secondary N) is 1. The lowest BCUT2D eigenvalue weighted by atomic mass is 9.85. The monoisotopic (exact) mass is 255 g/mol. The third-order valence-corrected chi connectivity index (χ3v) is 3.79. The molecule has 1 fully saturated rings. The molecule has 0 aliphatic heterocycles. The minimum Gasteiger partial charge on any atom is -0.349 e. The van der Waals surface area contributed by atoms with Crippen LogP contribution >= 0.6 is 11.6 Å². The highest BCUT2D eigenvalue weighted by Crippen LogP contribution is 2.25. The van der Waals surface area contributed by atoms with Crippen LogP contribution in [0.4, 0.5) is 0 Å². The summed E-state index contributed by atoms with van der Waals surface area (Å²) in [5.41, 5.74) is 0.617. The van der Waals surface area contributed by atoms with Crippen LogP contribution in [0.3, 0.4) is 0 Å². The normalized spacial score (nSPS) is 24.6. The lowest BCUT2D eigenvalue weighted by Gasteiger charge is -2.30. The van der Waals surface area contributed by atoms with E-state index in [0.29, 0.717) is 17.4 Å². The Labute approximate surface area is 106 Å². The van der Waals surface area contributed by atoms with Crippen molar-refractivity contribution in [2.45, 2.75) is 31.7 Å². The average Bonchev–Trinajstić information content (AvgIpc) is 2.77. The number of hydrogen-bond acceptors (Lipinski definition) is 2. The summed E-state index contributed by atoms with van der Waals surface area (Å²) in [4.78, 5) is 12.0. The Morgan fingerprint density at radius 3 is 3.00 bits per heavy atom. The molecule has 1 aromatic rings. The predicted octanol–water partition coefficient (Wildman–Crippen LogP) is 1.95. The van der Waals surface area contributed by atoms with Gasteiger partial charge in [0.2, 0.25) is 0 Å². The van der Waals surface area contributed by atoms with Crippen molar-refractivity contribution in [3.63, 3.8) is 0 Å². The number of amides is 1. The minimum absolute atomic E-state index is 0.0416. The number of alkyl halides is 1. The van der Waals surface area contributed by atoms with E-state index < -0.39 is 0 Å². The number of aromatic nitrogens is 2. The first kappa shape index (κ1) is 12.4. The smallest absolute Gasteiger partial charge is 0.254 e. The third kappa shape index (κ3) is 3.00. The standard InChI is InChI=1S/C12H18ClN3O/c1-16-8-10(7-14-16)12(17)15-11-5-3-2-4-9(11)6-13/h7-9,11H,2-6H2,1H3,(H,15,17). The molecule has 1 amide bonds. The second-order valence-corrected chi connectivity index (χ2v) is 4.99. The third-order valence-electron chi connectivity index (χ3n) is 3.39. The molecule has 0 bridgehead atoms. The van der Waals surface area contributed by atoms with E-state index in [1.54, 1.807) is 24.1 Å². The summed E-state index contributed by atoms with van der Waals surface area (Å²) < 4.78 is 1.63. The zero-order valence-corrected chi connectivity index (χ0v) is 10.8. The van der Waals surface area contributed by atoms with Gasteiger partial charge in [-0.05, 0) is 18.8 Å². The summed E-state index contributed by atoms with van der Waals surface area (Å²) in [6.45, 7) is 0. The van der Waals surface area contributed by atoms with Gasteiger partial charge in [-0.15, -0.1) is 11.6 Å². The van der Waals surface area contributed by atoms with E-state index in [1.165, 1.54) is 12.8 Å². The van der Waals surface area contributed by atoms with Crippen LogP contribution in [0, 0.1) is 5.92 Å². The van der Waals surface area contributed by atoms with Crippen LogP contribution in [0.2, 0.25) is 0 Å². The molecule has 4 nitrogen and oxygen atoms in total. The Hall–Kier alpha value is -1.03. The number of carbonyl (C=O) groups excluding carboxylic acids is 1. The average molecular weight is 256 g/mol. The first-order chi connectivity index (χ1) is 8.20. The van der Waals surface area contributed by atoms with Gasteiger partial charge in [0.25, 0.3) is 5.91 Å². The Kier molecular flexibility index (Phi) is 4.05. The molecule has 5 heteroatoms. The van der Waals surface area contributed by atoms with Crippen molar-refractivity contribution in [2.24, 2.45) is 13.0 Å². The molecule has 1 aliphatic carbocycles. The summed E-state index contributed by atoms with van der Waals surface area (Å²) in [5, 5.41) is 7.07. The minimum atomic E-state index is -0.0416. The molecule has 1 aliphatic rings. The molecule has 2 unspecified atom stereocenters. The van der Waals surface area contributed by atoms with Crippen LogP contribution in [0.1, 0.15) is 36.0 Å². The van der Waals surface area contributed by atoms with Gasteiger partial charge in [-0.2, -0.15) is 5.10 Å². The van der Waals surface area contributed by atoms with E-state index in [2.05, 4.69) is 10.4 Å². The highest BCUT2D eigenvalue weighted by Gasteiger charge is 2.26. The molecule has 2 atom stereocenters. The maximum Gasteiger partial charge on any atom is 0.254 e. The van der Waals surface area contributed by atoms with Crippen molar-refractivity contribution in [3.8, 4) is 0 Å². The van der Waals surface area contributed by atoms with Crippen LogP contribution in [0.15, 0.2) is 12.4 Å². The van der Waals surface area contributed by atoms with E-state index in [0.717, 1.165) is 12.8 Å². The van der Waals surface area contributed by atoms with E-state index in [-0.39, 0.29) is 11.9 Å². The maximum absolute atomic E-state index is 12.0. The Balaban J connectivity index is 1.97. The second kappa shape index (κ2) is 5.54. The summed E-state index contributed by atoms with van der Waals surface area (Å²) >= 11 is 5.94. The lowest BCUT2D eigenvalue weighted by Crippen LogP contribution is -2.42. The van der Waals surface area contributed by atoms with Gasteiger partial charge in [0.05, 0.1) is 11.8 Å². The first-order valence-corrected chi connectivity index (χ1v) is 6.59. The van der Waals surface area contributed by atoms with Gasteiger partial charge in [-0.1, -0.05) is 12.8 Å². The number of carbonyl (C=O) groups is 1. The van der Waals surface area contributed by atoms with Gasteiger partial charge in [-0.25, -0.2) is 0 Å². The molecule has 1 N–H and O–H groups in total. The molecule has 1 aromatic heterocycles. The lowest BCUT2D eigenvalue weighted by molar-refractivity contribution is 0.0911. The van der Waals surface area contributed by atoms with Crippen LogP contribution < -0.4 is 5.32 Å². The van der Waals surface area contributed by atoms with Gasteiger partial charge in [0.1, 0.15) is 0 Å². The van der Waals surface area contributed by atoms with Gasteiger partial charge >= 0.3 is 0 Å². The number of hydrogen-bond donors (Lipinski definition) is 1. The molecule has 17 heavy (non-hydrogen) atoms. The van der Waals surface area contributed by atoms with Crippen molar-refractivity contribution in [3.05, 3.63) is 18.0 Å². The van der Waals surface area contributed by atoms with Gasteiger partial charge < -0.3 is 5.32 Å². The number of aryl methyl sites for hydroxylation is 1. The quantitative estimate of drug-likeness (QED) is 0.840. The largest absolute Gasteiger partial charge is 0.349 e. The van der Waals surface area contributed by atoms with E-state index >= 15 is 0 Å². The predicted molar refractivity (Wildman–Crippen MR) is 67.1 cm³/mol. The van der Waals surface area contributed by atoms with Crippen molar-refractivity contribution in [2.75, 3.05) is 5.88 Å². The summed E-state index contributed by atoms with van der Waals surface area (Å²) in [7, 11) is 1.80. The summed E-state index contributed by atoms with van der Waals surface area (Å²) in [6.07, 6.45) is 7.86. The molecular formula is C12H18ClN3O. The van der Waals surface area contributed by atoms with Crippen LogP contribution in [-0.4, -0.2) is 27.6 Å². The van der Waals surface area contributed by atoms with Gasteiger partial charge in [0, 0.05) is 25.2 Å². The van der Waals surface area contributed by atoms with Crippen LogP contribution in [0.5, 0.6) is 0 Å². The van der Waals surface area contributed by atoms with Crippen LogP contribution in [-0.2, 0) is 7.05 Å². The number of rotatable bonds is 3. The zero-order chi connectivity index (χ0) is 12.3. The van der Waals surface area contributed by atoms with E-state index in [1.807, 2.05) is 0 Å². The van der Waals surface area contributed by atoms with Gasteiger partial charge in [-0.3, -0.25) is 9.48 Å². The Morgan fingerprint density at radius 1 is 1.59 bits per heavy atom. The van der Waals surface area contributed by atoms with Crippen molar-refractivity contribution in [1.29, 1.82) is 0 Å². The second-order valence-electron chi connectivity index (χ2n) is 4.68. The van der Waals surface area contributed by atoms with E-state index in [9.17, 15) is 4.79 Å². The molecule has 2 rings (SSSR count). The molecule has 0 saturated heterocycles. The summed E-state index contributed by atoms with van der Waals surface area (Å²) in [6, 6.07) is 0.217. The SMILES string of the molecule is Cn1cc(C(=O)NC2CCCCC2CCl)cn1. The number of nitrogens with zero attached hydrogens (tertiary/aromatic N) is 2. The molecular weight excluding hydrogens is 238 g/mol. The summed E-state index contributed by atoms with van der Waals surface area (Å²) in [5.74, 6) is 0.990. The zero-order valence-electron chi connectivity index (χ0n) is 10.0. The first-order valence-electron chi connectivity index (χ1n) is 6.06. The molecule has 0 spiro atoms. The highest BCUT2D eigenvalue weighted by atomic mass is 35.5.